The zero-order valence-corrected chi connectivity index (χ0v) is 14.8. The van der Waals surface area contributed by atoms with E-state index in [0.717, 1.165) is 18.6 Å². The molecule has 0 aliphatic heterocycles. The van der Waals surface area contributed by atoms with Crippen LogP contribution in [0, 0.1) is 0 Å². The van der Waals surface area contributed by atoms with Crippen LogP contribution in [0.15, 0.2) is 48.5 Å². The molecule has 1 fully saturated rings. The largest absolute Gasteiger partial charge is 0.490 e. The maximum atomic E-state index is 12.4. The van der Waals surface area contributed by atoms with Crippen molar-refractivity contribution in [3.05, 3.63) is 54.1 Å². The summed E-state index contributed by atoms with van der Waals surface area (Å²) in [4.78, 5) is 12.0. The third kappa shape index (κ3) is 5.84. The molecule has 0 spiro atoms. The molecule has 7 heteroatoms. The molecular formula is C20H22F2N2O3. The van der Waals surface area contributed by atoms with Crippen molar-refractivity contribution in [2.75, 3.05) is 5.32 Å². The quantitative estimate of drug-likeness (QED) is 0.720. The van der Waals surface area contributed by atoms with Crippen LogP contribution in [0.1, 0.15) is 31.2 Å². The Labute approximate surface area is 156 Å². The molecule has 27 heavy (non-hydrogen) atoms. The predicted octanol–water partition coefficient (Wildman–Crippen LogP) is 4.93. The normalized spacial score (nSPS) is 14.2. The fourth-order valence-electron chi connectivity index (χ4n) is 3.03. The van der Waals surface area contributed by atoms with E-state index in [1.54, 1.807) is 30.3 Å². The van der Waals surface area contributed by atoms with Gasteiger partial charge in [0.05, 0.1) is 6.10 Å². The van der Waals surface area contributed by atoms with Gasteiger partial charge in [-0.25, -0.2) is 4.79 Å². The Morgan fingerprint density at radius 3 is 2.48 bits per heavy atom. The standard InChI is InChI=1S/C20H22F2N2O3/c21-19(22)27-18-8-4-1-5-14(18)13-23-20(25)24-15-9-11-17(12-10-15)26-16-6-2-3-7-16/h1,4-5,8-12,16,19H,2-3,6-7,13H2,(H2,23,24,25). The maximum Gasteiger partial charge on any atom is 0.387 e. The molecule has 1 aliphatic rings. The van der Waals surface area contributed by atoms with E-state index in [1.807, 2.05) is 12.1 Å². The molecule has 0 bridgehead atoms. The first-order chi connectivity index (χ1) is 13.1. The summed E-state index contributed by atoms with van der Waals surface area (Å²) in [7, 11) is 0. The Morgan fingerprint density at radius 1 is 1.07 bits per heavy atom. The number of urea groups is 1. The van der Waals surface area contributed by atoms with Crippen LogP contribution in [0.2, 0.25) is 0 Å². The Morgan fingerprint density at radius 2 is 1.78 bits per heavy atom. The lowest BCUT2D eigenvalue weighted by molar-refractivity contribution is -0.0504. The number of amides is 2. The molecule has 0 heterocycles. The van der Waals surface area contributed by atoms with Crippen LogP contribution in [0.4, 0.5) is 19.3 Å². The summed E-state index contributed by atoms with van der Waals surface area (Å²) in [5.74, 6) is 0.826. The van der Waals surface area contributed by atoms with Crippen molar-refractivity contribution in [1.82, 2.24) is 5.32 Å². The zero-order chi connectivity index (χ0) is 19.1. The second-order valence-electron chi connectivity index (χ2n) is 6.34. The lowest BCUT2D eigenvalue weighted by Gasteiger charge is -2.14. The number of carbonyl (C=O) groups is 1. The van der Waals surface area contributed by atoms with Gasteiger partial charge in [0.2, 0.25) is 0 Å². The number of hydrogen-bond donors (Lipinski definition) is 2. The highest BCUT2D eigenvalue weighted by atomic mass is 19.3. The second kappa shape index (κ2) is 9.21. The van der Waals surface area contributed by atoms with Gasteiger partial charge in [-0.3, -0.25) is 0 Å². The summed E-state index contributed by atoms with van der Waals surface area (Å²) >= 11 is 0. The van der Waals surface area contributed by atoms with Crippen molar-refractivity contribution < 1.29 is 23.0 Å². The number of benzene rings is 2. The molecule has 2 amide bonds. The molecule has 0 atom stereocenters. The van der Waals surface area contributed by atoms with Gasteiger partial charge in [0.1, 0.15) is 11.5 Å². The monoisotopic (exact) mass is 376 g/mol. The van der Waals surface area contributed by atoms with Gasteiger partial charge in [0.15, 0.2) is 0 Å². The minimum atomic E-state index is -2.91. The first kappa shape index (κ1) is 18.9. The van der Waals surface area contributed by atoms with Gasteiger partial charge in [0.25, 0.3) is 0 Å². The molecule has 5 nitrogen and oxygen atoms in total. The van der Waals surface area contributed by atoms with Gasteiger partial charge in [0, 0.05) is 17.8 Å². The van der Waals surface area contributed by atoms with E-state index in [2.05, 4.69) is 15.4 Å². The van der Waals surface area contributed by atoms with Gasteiger partial charge in [-0.2, -0.15) is 8.78 Å². The first-order valence-electron chi connectivity index (χ1n) is 8.94. The van der Waals surface area contributed by atoms with Crippen LogP contribution in [-0.4, -0.2) is 18.7 Å². The van der Waals surface area contributed by atoms with Crippen LogP contribution in [0.25, 0.3) is 0 Å². The van der Waals surface area contributed by atoms with Gasteiger partial charge < -0.3 is 20.1 Å². The Bertz CT molecular complexity index is 747. The van der Waals surface area contributed by atoms with E-state index in [1.165, 1.54) is 18.9 Å². The van der Waals surface area contributed by atoms with E-state index in [0.29, 0.717) is 11.3 Å². The topological polar surface area (TPSA) is 59.6 Å². The molecule has 2 N–H and O–H groups in total. The summed E-state index contributed by atoms with van der Waals surface area (Å²) in [5.41, 5.74) is 1.08. The molecule has 0 aromatic heterocycles. The SMILES string of the molecule is O=C(NCc1ccccc1OC(F)F)Nc1ccc(OC2CCCC2)cc1. The smallest absolute Gasteiger partial charge is 0.387 e. The van der Waals surface area contributed by atoms with Crippen molar-refractivity contribution in [2.24, 2.45) is 0 Å². The van der Waals surface area contributed by atoms with E-state index in [-0.39, 0.29) is 18.4 Å². The molecule has 0 saturated heterocycles. The van der Waals surface area contributed by atoms with E-state index >= 15 is 0 Å². The van der Waals surface area contributed by atoms with Crippen LogP contribution in [0.5, 0.6) is 11.5 Å². The van der Waals surface area contributed by atoms with Crippen molar-refractivity contribution >= 4 is 11.7 Å². The number of carbonyl (C=O) groups excluding carboxylic acids is 1. The summed E-state index contributed by atoms with van der Waals surface area (Å²) in [6.45, 7) is -2.85. The van der Waals surface area contributed by atoms with Crippen molar-refractivity contribution in [3.8, 4) is 11.5 Å². The highest BCUT2D eigenvalue weighted by molar-refractivity contribution is 5.89. The molecular weight excluding hydrogens is 354 g/mol. The average molecular weight is 376 g/mol. The highest BCUT2D eigenvalue weighted by Gasteiger charge is 2.16. The number of hydrogen-bond acceptors (Lipinski definition) is 3. The van der Waals surface area contributed by atoms with E-state index in [9.17, 15) is 13.6 Å². The lowest BCUT2D eigenvalue weighted by Crippen LogP contribution is -2.28. The summed E-state index contributed by atoms with van der Waals surface area (Å²) in [6, 6.07) is 13.1. The van der Waals surface area contributed by atoms with E-state index in [4.69, 9.17) is 4.74 Å². The third-order valence-corrected chi connectivity index (χ3v) is 4.35. The number of para-hydroxylation sites is 1. The zero-order valence-electron chi connectivity index (χ0n) is 14.8. The molecule has 1 aliphatic carbocycles. The van der Waals surface area contributed by atoms with Crippen molar-refractivity contribution in [3.63, 3.8) is 0 Å². The van der Waals surface area contributed by atoms with Gasteiger partial charge in [-0.1, -0.05) is 18.2 Å². The molecule has 0 unspecified atom stereocenters. The van der Waals surface area contributed by atoms with E-state index < -0.39 is 12.6 Å². The number of alkyl halides is 2. The van der Waals surface area contributed by atoms with Crippen LogP contribution < -0.4 is 20.1 Å². The average Bonchev–Trinajstić information content (AvgIpc) is 3.15. The Kier molecular flexibility index (Phi) is 6.46. The summed E-state index contributed by atoms with van der Waals surface area (Å²) in [5, 5.41) is 5.33. The summed E-state index contributed by atoms with van der Waals surface area (Å²) in [6.07, 6.45) is 4.85. The minimum absolute atomic E-state index is 0.0428. The number of ether oxygens (including phenoxy) is 2. The number of halogens is 2. The highest BCUT2D eigenvalue weighted by Crippen LogP contribution is 2.25. The fourth-order valence-corrected chi connectivity index (χ4v) is 3.03. The fraction of sp³-hybridized carbons (Fsp3) is 0.350. The second-order valence-corrected chi connectivity index (χ2v) is 6.34. The van der Waals surface area contributed by atoms with Crippen molar-refractivity contribution in [2.45, 2.75) is 44.9 Å². The molecule has 144 valence electrons. The number of anilines is 1. The van der Waals surface area contributed by atoms with Crippen LogP contribution >= 0.6 is 0 Å². The Hall–Kier alpha value is -2.83. The molecule has 2 aromatic carbocycles. The predicted molar refractivity (Wildman–Crippen MR) is 98.3 cm³/mol. The van der Waals surface area contributed by atoms with Gasteiger partial charge in [-0.05, 0) is 56.0 Å². The number of nitrogens with one attached hydrogen (secondary N) is 2. The van der Waals surface area contributed by atoms with Gasteiger partial charge >= 0.3 is 12.6 Å². The third-order valence-electron chi connectivity index (χ3n) is 4.35. The van der Waals surface area contributed by atoms with Crippen molar-refractivity contribution in [1.29, 1.82) is 0 Å². The van der Waals surface area contributed by atoms with Gasteiger partial charge in [-0.15, -0.1) is 0 Å². The number of rotatable bonds is 7. The minimum Gasteiger partial charge on any atom is -0.490 e. The molecule has 0 radical (unpaired) electrons. The maximum absolute atomic E-state index is 12.4. The molecule has 1 saturated carbocycles. The molecule has 3 rings (SSSR count). The van der Waals surface area contributed by atoms with Crippen LogP contribution in [-0.2, 0) is 6.54 Å². The molecule has 2 aromatic rings. The van der Waals surface area contributed by atoms with Crippen LogP contribution in [0.3, 0.4) is 0 Å². The summed E-state index contributed by atoms with van der Waals surface area (Å²) < 4.78 is 35.2. The lowest BCUT2D eigenvalue weighted by atomic mass is 10.2. The first-order valence-corrected chi connectivity index (χ1v) is 8.94. The Balaban J connectivity index is 1.49.